The number of ether oxygens (including phenoxy) is 1. The second-order valence-electron chi connectivity index (χ2n) is 11.4. The second-order valence-corrected chi connectivity index (χ2v) is 11.4. The predicted molar refractivity (Wildman–Crippen MR) is 161 cm³/mol. The van der Waals surface area contributed by atoms with E-state index in [1.165, 1.54) is 55.7 Å². The summed E-state index contributed by atoms with van der Waals surface area (Å²) in [6.07, 6.45) is 6.94. The van der Waals surface area contributed by atoms with Gasteiger partial charge in [0.2, 0.25) is 0 Å². The monoisotopic (exact) mass is 503 g/mol. The van der Waals surface area contributed by atoms with Gasteiger partial charge in [-0.25, -0.2) is 0 Å². The van der Waals surface area contributed by atoms with Crippen LogP contribution in [0.5, 0.6) is 5.75 Å². The summed E-state index contributed by atoms with van der Waals surface area (Å²) >= 11 is 0. The highest BCUT2D eigenvalue weighted by Gasteiger charge is 2.38. The van der Waals surface area contributed by atoms with Crippen LogP contribution in [0.25, 0.3) is 16.3 Å². The standard InChI is InChI=1S/C37H29NO/c1-37(2)31-14-8-9-15-33(31)38(28-12-4-3-5-13-28)34-18-16-27(22-32(34)37)26-17-19-35-29(21-26)30-20-24-10-6-7-11-25(24)23-36(30)39-35/h3-23,29,35H,1-2H3. The normalized spacial score (nSPS) is 19.9. The third kappa shape index (κ3) is 3.34. The van der Waals surface area contributed by atoms with Crippen LogP contribution in [0.3, 0.4) is 0 Å². The first-order chi connectivity index (χ1) is 19.1. The molecule has 0 aromatic heterocycles. The molecule has 0 bridgehead atoms. The molecule has 8 rings (SSSR count). The van der Waals surface area contributed by atoms with Crippen molar-refractivity contribution in [3.8, 4) is 5.75 Å². The number of hydrogen-bond donors (Lipinski definition) is 0. The van der Waals surface area contributed by atoms with Gasteiger partial charge in [0.25, 0.3) is 0 Å². The number of para-hydroxylation sites is 2. The number of benzene rings is 5. The number of allylic oxidation sites excluding steroid dienone is 2. The number of nitrogens with zero attached hydrogens (tertiary/aromatic N) is 1. The summed E-state index contributed by atoms with van der Waals surface area (Å²) in [4.78, 5) is 2.41. The zero-order valence-corrected chi connectivity index (χ0v) is 22.1. The molecular formula is C37H29NO. The molecule has 2 heterocycles. The van der Waals surface area contributed by atoms with Crippen molar-refractivity contribution >= 4 is 33.4 Å². The Balaban J connectivity index is 1.25. The Morgan fingerprint density at radius 3 is 2.26 bits per heavy atom. The van der Waals surface area contributed by atoms with E-state index in [0.717, 1.165) is 5.75 Å². The minimum Gasteiger partial charge on any atom is -0.485 e. The molecule has 0 saturated carbocycles. The van der Waals surface area contributed by atoms with Gasteiger partial charge in [-0.05, 0) is 81.6 Å². The molecule has 0 saturated heterocycles. The van der Waals surface area contributed by atoms with Crippen LogP contribution in [0.4, 0.5) is 17.1 Å². The van der Waals surface area contributed by atoms with Gasteiger partial charge < -0.3 is 9.64 Å². The van der Waals surface area contributed by atoms with Crippen LogP contribution in [0, 0.1) is 0 Å². The molecule has 3 aliphatic rings. The van der Waals surface area contributed by atoms with Crippen molar-refractivity contribution in [3.05, 3.63) is 150 Å². The zero-order chi connectivity index (χ0) is 26.1. The van der Waals surface area contributed by atoms with Crippen molar-refractivity contribution in [2.75, 3.05) is 4.90 Å². The van der Waals surface area contributed by atoms with E-state index in [-0.39, 0.29) is 17.4 Å². The molecule has 2 unspecified atom stereocenters. The molecule has 5 aromatic rings. The molecule has 188 valence electrons. The van der Waals surface area contributed by atoms with Gasteiger partial charge in [-0.1, -0.05) is 92.7 Å². The van der Waals surface area contributed by atoms with E-state index in [0.29, 0.717) is 0 Å². The van der Waals surface area contributed by atoms with Crippen molar-refractivity contribution < 1.29 is 4.74 Å². The van der Waals surface area contributed by atoms with E-state index < -0.39 is 0 Å². The number of hydrogen-bond acceptors (Lipinski definition) is 2. The molecule has 0 N–H and O–H groups in total. The van der Waals surface area contributed by atoms with Crippen LogP contribution in [0.1, 0.15) is 42.0 Å². The highest BCUT2D eigenvalue weighted by molar-refractivity contribution is 5.89. The number of rotatable bonds is 2. The van der Waals surface area contributed by atoms with Gasteiger partial charge in [-0.15, -0.1) is 0 Å². The van der Waals surface area contributed by atoms with E-state index >= 15 is 0 Å². The van der Waals surface area contributed by atoms with Gasteiger partial charge in [0.05, 0.1) is 11.4 Å². The lowest BCUT2D eigenvalue weighted by atomic mass is 9.72. The fraction of sp³-hybridized carbons (Fsp3) is 0.135. The summed E-state index contributed by atoms with van der Waals surface area (Å²) in [5.41, 5.74) is 10.0. The molecule has 0 spiro atoms. The number of anilines is 3. The summed E-state index contributed by atoms with van der Waals surface area (Å²) in [6.45, 7) is 4.70. The topological polar surface area (TPSA) is 12.5 Å². The van der Waals surface area contributed by atoms with Crippen LogP contribution in [0.15, 0.2) is 127 Å². The lowest BCUT2D eigenvalue weighted by Gasteiger charge is -2.42. The van der Waals surface area contributed by atoms with Crippen LogP contribution in [-0.4, -0.2) is 6.10 Å². The summed E-state index contributed by atoms with van der Waals surface area (Å²) in [5, 5.41) is 2.49. The fourth-order valence-corrected chi connectivity index (χ4v) is 6.72. The fourth-order valence-electron chi connectivity index (χ4n) is 6.72. The first kappa shape index (κ1) is 22.4. The highest BCUT2D eigenvalue weighted by Crippen LogP contribution is 2.52. The Labute approximate surface area is 229 Å². The van der Waals surface area contributed by atoms with Crippen LogP contribution < -0.4 is 9.64 Å². The van der Waals surface area contributed by atoms with Crippen molar-refractivity contribution in [3.63, 3.8) is 0 Å². The minimum absolute atomic E-state index is 0.0510. The molecule has 0 fully saturated rings. The quantitative estimate of drug-likeness (QED) is 0.238. The van der Waals surface area contributed by atoms with E-state index in [4.69, 9.17) is 4.74 Å². The molecule has 0 radical (unpaired) electrons. The smallest absolute Gasteiger partial charge is 0.128 e. The van der Waals surface area contributed by atoms with Crippen LogP contribution >= 0.6 is 0 Å². The number of fused-ring (bicyclic) bond motifs is 6. The Kier molecular flexibility index (Phi) is 4.73. The van der Waals surface area contributed by atoms with Gasteiger partial charge in [0.15, 0.2) is 0 Å². The lowest BCUT2D eigenvalue weighted by Crippen LogP contribution is -2.30. The van der Waals surface area contributed by atoms with Gasteiger partial charge in [-0.3, -0.25) is 0 Å². The molecular weight excluding hydrogens is 474 g/mol. The average molecular weight is 504 g/mol. The van der Waals surface area contributed by atoms with Gasteiger partial charge >= 0.3 is 0 Å². The van der Waals surface area contributed by atoms with Gasteiger partial charge in [-0.2, -0.15) is 0 Å². The minimum atomic E-state index is -0.128. The highest BCUT2D eigenvalue weighted by atomic mass is 16.5. The molecule has 5 aromatic carbocycles. The van der Waals surface area contributed by atoms with E-state index in [1.54, 1.807) is 0 Å². The third-order valence-corrected chi connectivity index (χ3v) is 8.76. The second kappa shape index (κ2) is 8.22. The molecule has 2 atom stereocenters. The Hall–Kier alpha value is -4.56. The van der Waals surface area contributed by atoms with E-state index in [1.807, 2.05) is 0 Å². The summed E-state index contributed by atoms with van der Waals surface area (Å²) in [6, 6.07) is 39.6. The molecule has 1 aliphatic carbocycles. The predicted octanol–water partition coefficient (Wildman–Crippen LogP) is 9.45. The zero-order valence-electron chi connectivity index (χ0n) is 22.1. The van der Waals surface area contributed by atoms with Crippen molar-refractivity contribution in [1.82, 2.24) is 0 Å². The van der Waals surface area contributed by atoms with Crippen LogP contribution in [0.2, 0.25) is 0 Å². The Morgan fingerprint density at radius 1 is 0.692 bits per heavy atom. The van der Waals surface area contributed by atoms with Crippen molar-refractivity contribution in [2.45, 2.75) is 31.3 Å². The summed E-state index contributed by atoms with van der Waals surface area (Å²) in [5.74, 6) is 1.22. The van der Waals surface area contributed by atoms with E-state index in [2.05, 4.69) is 146 Å². The van der Waals surface area contributed by atoms with Gasteiger partial charge in [0.1, 0.15) is 11.9 Å². The lowest BCUT2D eigenvalue weighted by molar-refractivity contribution is 0.269. The Bertz CT molecular complexity index is 1830. The third-order valence-electron chi connectivity index (χ3n) is 8.76. The average Bonchev–Trinajstić information content (AvgIpc) is 3.33. The maximum Gasteiger partial charge on any atom is 0.128 e. The van der Waals surface area contributed by atoms with Crippen molar-refractivity contribution in [1.29, 1.82) is 0 Å². The van der Waals surface area contributed by atoms with Gasteiger partial charge in [0, 0.05) is 22.6 Å². The molecule has 2 heteroatoms. The largest absolute Gasteiger partial charge is 0.485 e. The van der Waals surface area contributed by atoms with Crippen molar-refractivity contribution in [2.24, 2.45) is 0 Å². The SMILES string of the molecule is CC1(C)c2ccccc2N(c2ccccc2)c2ccc(C3=CC4c5cc6ccccc6cc5OC4C=C3)cc21. The molecule has 2 nitrogen and oxygen atoms in total. The first-order valence-corrected chi connectivity index (χ1v) is 13.8. The van der Waals surface area contributed by atoms with Crippen LogP contribution in [-0.2, 0) is 5.41 Å². The van der Waals surface area contributed by atoms with E-state index in [9.17, 15) is 0 Å². The summed E-state index contributed by atoms with van der Waals surface area (Å²) in [7, 11) is 0. The first-order valence-electron chi connectivity index (χ1n) is 13.8. The molecule has 2 aliphatic heterocycles. The maximum absolute atomic E-state index is 6.39. The maximum atomic E-state index is 6.39. The molecule has 0 amide bonds. The molecule has 39 heavy (non-hydrogen) atoms. The Morgan fingerprint density at radius 2 is 1.41 bits per heavy atom. The summed E-state index contributed by atoms with van der Waals surface area (Å²) < 4.78 is 6.39.